The van der Waals surface area contributed by atoms with Crippen LogP contribution in [0.5, 0.6) is 0 Å². The normalized spacial score (nSPS) is 17.7. The summed E-state index contributed by atoms with van der Waals surface area (Å²) >= 11 is 0. The van der Waals surface area contributed by atoms with Crippen LogP contribution in [0.25, 0.3) is 0 Å². The molecule has 1 aromatic carbocycles. The Labute approximate surface area is 120 Å². The molecule has 1 heterocycles. The molecule has 0 bridgehead atoms. The van der Waals surface area contributed by atoms with Crippen LogP contribution in [0.1, 0.15) is 30.4 Å². The predicted octanol–water partition coefficient (Wildman–Crippen LogP) is 1.55. The van der Waals surface area contributed by atoms with Crippen molar-refractivity contribution in [3.63, 3.8) is 0 Å². The van der Waals surface area contributed by atoms with Crippen LogP contribution in [0.2, 0.25) is 0 Å². The van der Waals surface area contributed by atoms with E-state index in [9.17, 15) is 4.79 Å². The first-order valence-corrected chi connectivity index (χ1v) is 7.28. The second kappa shape index (κ2) is 6.86. The molecule has 0 radical (unpaired) electrons. The summed E-state index contributed by atoms with van der Waals surface area (Å²) in [6.45, 7) is 3.91. The quantitative estimate of drug-likeness (QED) is 0.857. The van der Waals surface area contributed by atoms with Gasteiger partial charge in [0.05, 0.1) is 5.54 Å². The molecule has 4 nitrogen and oxygen atoms in total. The lowest BCUT2D eigenvalue weighted by atomic mass is 9.90. The zero-order valence-electron chi connectivity index (χ0n) is 12.2. The van der Waals surface area contributed by atoms with Gasteiger partial charge in [0.2, 0.25) is 5.91 Å². The number of ether oxygens (including phenoxy) is 1. The van der Waals surface area contributed by atoms with E-state index in [1.807, 2.05) is 12.1 Å². The highest BCUT2D eigenvalue weighted by Gasteiger charge is 2.32. The van der Waals surface area contributed by atoms with Crippen LogP contribution in [-0.4, -0.2) is 31.2 Å². The van der Waals surface area contributed by atoms with Gasteiger partial charge in [0.15, 0.2) is 0 Å². The van der Waals surface area contributed by atoms with Crippen molar-refractivity contribution in [2.75, 3.05) is 19.8 Å². The summed E-state index contributed by atoms with van der Waals surface area (Å²) in [5.74, 6) is 0.0839. The van der Waals surface area contributed by atoms with Gasteiger partial charge in [0, 0.05) is 26.2 Å². The minimum absolute atomic E-state index is 0.0839. The first-order valence-electron chi connectivity index (χ1n) is 7.28. The van der Waals surface area contributed by atoms with Crippen molar-refractivity contribution in [3.05, 3.63) is 35.4 Å². The largest absolute Gasteiger partial charge is 0.381 e. The molecule has 0 spiro atoms. The molecule has 1 amide bonds. The highest BCUT2D eigenvalue weighted by molar-refractivity contribution is 5.77. The minimum atomic E-state index is -0.263. The summed E-state index contributed by atoms with van der Waals surface area (Å²) < 4.78 is 5.35. The van der Waals surface area contributed by atoms with Gasteiger partial charge < -0.3 is 15.8 Å². The van der Waals surface area contributed by atoms with Crippen molar-refractivity contribution in [1.29, 1.82) is 0 Å². The second-order valence-electron chi connectivity index (χ2n) is 5.57. The fourth-order valence-corrected chi connectivity index (χ4v) is 2.64. The molecule has 1 aromatic rings. The van der Waals surface area contributed by atoms with Crippen LogP contribution in [0.4, 0.5) is 0 Å². The summed E-state index contributed by atoms with van der Waals surface area (Å²) in [7, 11) is 0. The van der Waals surface area contributed by atoms with Crippen molar-refractivity contribution < 1.29 is 9.53 Å². The molecule has 20 heavy (non-hydrogen) atoms. The molecule has 2 rings (SSSR count). The van der Waals surface area contributed by atoms with E-state index in [2.05, 4.69) is 24.4 Å². The van der Waals surface area contributed by atoms with Gasteiger partial charge >= 0.3 is 0 Å². The summed E-state index contributed by atoms with van der Waals surface area (Å²) in [5, 5.41) is 3.13. The molecular formula is C16H24N2O2. The molecule has 0 saturated carbocycles. The Bertz CT molecular complexity index is 454. The smallest absolute Gasteiger partial charge is 0.220 e. The molecule has 3 N–H and O–H groups in total. The Hall–Kier alpha value is -1.39. The van der Waals surface area contributed by atoms with Gasteiger partial charge in [-0.15, -0.1) is 0 Å². The van der Waals surface area contributed by atoms with Crippen LogP contribution in [-0.2, 0) is 16.0 Å². The van der Waals surface area contributed by atoms with Crippen molar-refractivity contribution in [2.24, 2.45) is 5.73 Å². The molecule has 0 aliphatic carbocycles. The zero-order valence-corrected chi connectivity index (χ0v) is 12.2. The van der Waals surface area contributed by atoms with Gasteiger partial charge in [-0.25, -0.2) is 0 Å². The summed E-state index contributed by atoms with van der Waals surface area (Å²) in [6, 6.07) is 8.19. The standard InChI is InChI=1S/C16H24N2O2/c1-13-4-2-3-5-14(13)6-7-15(19)18-16(12-17)8-10-20-11-9-16/h2-5H,6-12,17H2,1H3,(H,18,19). The maximum Gasteiger partial charge on any atom is 0.220 e. The third-order valence-electron chi connectivity index (χ3n) is 4.13. The number of hydrogen-bond donors (Lipinski definition) is 2. The number of aryl methyl sites for hydroxylation is 2. The van der Waals surface area contributed by atoms with Crippen molar-refractivity contribution in [3.8, 4) is 0 Å². The summed E-state index contributed by atoms with van der Waals surface area (Å²) in [4.78, 5) is 12.2. The number of rotatable bonds is 5. The Kier molecular flexibility index (Phi) is 5.15. The van der Waals surface area contributed by atoms with E-state index in [0.717, 1.165) is 19.3 Å². The Balaban J connectivity index is 1.87. The average Bonchev–Trinajstić information content (AvgIpc) is 2.47. The van der Waals surface area contributed by atoms with Crippen LogP contribution < -0.4 is 11.1 Å². The highest BCUT2D eigenvalue weighted by atomic mass is 16.5. The lowest BCUT2D eigenvalue weighted by Gasteiger charge is -2.37. The number of amides is 1. The van der Waals surface area contributed by atoms with Gasteiger partial charge in [0.1, 0.15) is 0 Å². The van der Waals surface area contributed by atoms with Crippen LogP contribution in [0, 0.1) is 6.92 Å². The number of carbonyl (C=O) groups is 1. The first-order chi connectivity index (χ1) is 9.65. The van der Waals surface area contributed by atoms with E-state index in [-0.39, 0.29) is 11.4 Å². The van der Waals surface area contributed by atoms with E-state index in [1.54, 1.807) is 0 Å². The lowest BCUT2D eigenvalue weighted by molar-refractivity contribution is -0.124. The second-order valence-corrected chi connectivity index (χ2v) is 5.57. The SMILES string of the molecule is Cc1ccccc1CCC(=O)NC1(CN)CCOCC1. The third kappa shape index (κ3) is 3.81. The van der Waals surface area contributed by atoms with E-state index in [1.165, 1.54) is 11.1 Å². The van der Waals surface area contributed by atoms with Crippen molar-refractivity contribution in [1.82, 2.24) is 5.32 Å². The zero-order chi connectivity index (χ0) is 14.4. The fourth-order valence-electron chi connectivity index (χ4n) is 2.64. The topological polar surface area (TPSA) is 64.4 Å². The van der Waals surface area contributed by atoms with Gasteiger partial charge in [-0.05, 0) is 37.3 Å². The fraction of sp³-hybridized carbons (Fsp3) is 0.562. The van der Waals surface area contributed by atoms with Crippen LogP contribution in [0.3, 0.4) is 0 Å². The maximum absolute atomic E-state index is 12.2. The van der Waals surface area contributed by atoms with Crippen molar-refractivity contribution in [2.45, 2.75) is 38.1 Å². The van der Waals surface area contributed by atoms with Gasteiger partial charge in [0.25, 0.3) is 0 Å². The molecule has 110 valence electrons. The molecule has 1 saturated heterocycles. The molecule has 1 aliphatic rings. The Morgan fingerprint density at radius 2 is 2.05 bits per heavy atom. The summed E-state index contributed by atoms with van der Waals surface area (Å²) in [6.07, 6.45) is 2.89. The molecule has 1 fully saturated rings. The molecule has 0 unspecified atom stereocenters. The third-order valence-corrected chi connectivity index (χ3v) is 4.13. The number of hydrogen-bond acceptors (Lipinski definition) is 3. The monoisotopic (exact) mass is 276 g/mol. The lowest BCUT2D eigenvalue weighted by Crippen LogP contribution is -2.56. The van der Waals surface area contributed by atoms with Crippen molar-refractivity contribution >= 4 is 5.91 Å². The average molecular weight is 276 g/mol. The van der Waals surface area contributed by atoms with Crippen LogP contribution in [0.15, 0.2) is 24.3 Å². The van der Waals surface area contributed by atoms with Gasteiger partial charge in [-0.1, -0.05) is 24.3 Å². The molecule has 4 heteroatoms. The van der Waals surface area contributed by atoms with E-state index < -0.39 is 0 Å². The van der Waals surface area contributed by atoms with E-state index in [4.69, 9.17) is 10.5 Å². The van der Waals surface area contributed by atoms with Gasteiger partial charge in [-0.2, -0.15) is 0 Å². The summed E-state index contributed by atoms with van der Waals surface area (Å²) in [5.41, 5.74) is 8.05. The first kappa shape index (κ1) is 15.0. The van der Waals surface area contributed by atoms with E-state index in [0.29, 0.717) is 26.2 Å². The Morgan fingerprint density at radius 3 is 2.70 bits per heavy atom. The number of nitrogens with one attached hydrogen (secondary N) is 1. The molecule has 0 atom stereocenters. The van der Waals surface area contributed by atoms with Crippen LogP contribution >= 0.6 is 0 Å². The van der Waals surface area contributed by atoms with E-state index >= 15 is 0 Å². The number of benzene rings is 1. The predicted molar refractivity (Wildman–Crippen MR) is 79.5 cm³/mol. The molecule has 1 aliphatic heterocycles. The van der Waals surface area contributed by atoms with Gasteiger partial charge in [-0.3, -0.25) is 4.79 Å². The highest BCUT2D eigenvalue weighted by Crippen LogP contribution is 2.19. The number of carbonyl (C=O) groups excluding carboxylic acids is 1. The minimum Gasteiger partial charge on any atom is -0.381 e. The Morgan fingerprint density at radius 1 is 1.35 bits per heavy atom. The number of nitrogens with two attached hydrogens (primary N) is 1. The molecular weight excluding hydrogens is 252 g/mol. The maximum atomic E-state index is 12.2. The molecule has 0 aromatic heterocycles.